The van der Waals surface area contributed by atoms with E-state index in [1.807, 2.05) is 6.92 Å². The topological polar surface area (TPSA) is 37.8 Å². The fourth-order valence-corrected chi connectivity index (χ4v) is 2.59. The number of hydrogen-bond donors (Lipinski definition) is 1. The monoisotopic (exact) mass is 355 g/mol. The predicted octanol–water partition coefficient (Wildman–Crippen LogP) is 3.83. The smallest absolute Gasteiger partial charge is 0.145 e. The van der Waals surface area contributed by atoms with Crippen molar-refractivity contribution in [3.63, 3.8) is 0 Å². The summed E-state index contributed by atoms with van der Waals surface area (Å²) in [6.07, 6.45) is 0. The van der Waals surface area contributed by atoms with Gasteiger partial charge < -0.3 is 5.32 Å². The van der Waals surface area contributed by atoms with Crippen LogP contribution in [0.4, 0.5) is 8.78 Å². The lowest BCUT2D eigenvalue weighted by Crippen LogP contribution is -2.25. The van der Waals surface area contributed by atoms with E-state index in [-0.39, 0.29) is 10.0 Å². The van der Waals surface area contributed by atoms with Crippen LogP contribution < -0.4 is 5.32 Å². The maximum atomic E-state index is 14.4. The third-order valence-corrected chi connectivity index (χ3v) is 3.84. The van der Waals surface area contributed by atoms with Crippen LogP contribution in [0.3, 0.4) is 0 Å². The number of halogens is 3. The fourth-order valence-electron chi connectivity index (χ4n) is 2.24. The number of benzene rings is 1. The molecule has 6 heteroatoms. The van der Waals surface area contributed by atoms with Crippen LogP contribution in [0, 0.1) is 25.5 Å². The third-order valence-electron chi connectivity index (χ3n) is 3.23. The van der Waals surface area contributed by atoms with Gasteiger partial charge in [-0.05, 0) is 60.1 Å². The van der Waals surface area contributed by atoms with E-state index in [0.717, 1.165) is 5.56 Å². The molecule has 0 saturated carbocycles. The number of nitrogens with one attached hydrogen (secondary N) is 1. The minimum absolute atomic E-state index is 0.0123. The van der Waals surface area contributed by atoms with Gasteiger partial charge in [-0.1, -0.05) is 6.92 Å². The molecule has 0 fully saturated rings. The summed E-state index contributed by atoms with van der Waals surface area (Å²) in [6.45, 7) is 6.03. The Labute approximate surface area is 130 Å². The van der Waals surface area contributed by atoms with E-state index in [9.17, 15) is 8.78 Å². The van der Waals surface area contributed by atoms with Crippen molar-refractivity contribution in [1.29, 1.82) is 0 Å². The molecule has 2 rings (SSSR count). The molecule has 1 aromatic heterocycles. The van der Waals surface area contributed by atoms with Gasteiger partial charge in [0, 0.05) is 5.56 Å². The maximum Gasteiger partial charge on any atom is 0.145 e. The Morgan fingerprint density at radius 2 is 1.95 bits per heavy atom. The van der Waals surface area contributed by atoms with Gasteiger partial charge >= 0.3 is 0 Å². The van der Waals surface area contributed by atoms with Gasteiger partial charge in [-0.25, -0.2) is 8.78 Å². The van der Waals surface area contributed by atoms with Gasteiger partial charge in [0.25, 0.3) is 0 Å². The van der Waals surface area contributed by atoms with E-state index < -0.39 is 17.7 Å². The summed E-state index contributed by atoms with van der Waals surface area (Å²) >= 11 is 3.11. The van der Waals surface area contributed by atoms with Crippen LogP contribution in [0.15, 0.2) is 22.7 Å². The van der Waals surface area contributed by atoms with Crippen molar-refractivity contribution in [3.8, 4) is 0 Å². The van der Waals surface area contributed by atoms with Crippen molar-refractivity contribution in [1.82, 2.24) is 15.5 Å². The molecule has 3 nitrogen and oxygen atoms in total. The number of nitrogens with zero attached hydrogens (tertiary/aromatic N) is 2. The van der Waals surface area contributed by atoms with Crippen LogP contribution in [0.25, 0.3) is 0 Å². The molecular weight excluding hydrogens is 340 g/mol. The minimum Gasteiger partial charge on any atom is -0.306 e. The average molecular weight is 356 g/mol. The van der Waals surface area contributed by atoms with Crippen LogP contribution in [0.5, 0.6) is 0 Å². The zero-order valence-electron chi connectivity index (χ0n) is 12.0. The molecule has 0 aliphatic heterocycles. The van der Waals surface area contributed by atoms with E-state index in [0.29, 0.717) is 17.9 Å². The fraction of sp³-hybridized carbons (Fsp3) is 0.333. The normalized spacial score (nSPS) is 12.5. The van der Waals surface area contributed by atoms with Gasteiger partial charge in [-0.15, -0.1) is 0 Å². The summed E-state index contributed by atoms with van der Waals surface area (Å²) < 4.78 is 28.8. The van der Waals surface area contributed by atoms with E-state index in [4.69, 9.17) is 0 Å². The van der Waals surface area contributed by atoms with Gasteiger partial charge in [0.05, 0.1) is 21.9 Å². The zero-order chi connectivity index (χ0) is 15.6. The van der Waals surface area contributed by atoms with E-state index in [2.05, 4.69) is 31.4 Å². The van der Waals surface area contributed by atoms with Crippen molar-refractivity contribution in [2.75, 3.05) is 6.54 Å². The highest BCUT2D eigenvalue weighted by molar-refractivity contribution is 9.10. The molecule has 0 radical (unpaired) electrons. The lowest BCUT2D eigenvalue weighted by Gasteiger charge is -2.22. The first-order chi connectivity index (χ1) is 9.95. The summed E-state index contributed by atoms with van der Waals surface area (Å²) in [5, 5.41) is 11.1. The molecule has 21 heavy (non-hydrogen) atoms. The predicted molar refractivity (Wildman–Crippen MR) is 81.1 cm³/mol. The van der Waals surface area contributed by atoms with Crippen LogP contribution in [0.2, 0.25) is 0 Å². The van der Waals surface area contributed by atoms with Crippen molar-refractivity contribution >= 4 is 15.9 Å². The molecule has 1 unspecified atom stereocenters. The molecule has 0 spiro atoms. The molecule has 1 atom stereocenters. The second-order valence-corrected chi connectivity index (χ2v) is 5.63. The molecular formula is C15H16BrF2N3. The van der Waals surface area contributed by atoms with Gasteiger partial charge in [0.2, 0.25) is 0 Å². The highest BCUT2D eigenvalue weighted by Gasteiger charge is 2.25. The Balaban J connectivity index is 2.64. The molecule has 0 amide bonds. The van der Waals surface area contributed by atoms with Gasteiger partial charge in [-0.2, -0.15) is 10.2 Å². The second kappa shape index (κ2) is 6.58. The van der Waals surface area contributed by atoms with Crippen LogP contribution in [-0.4, -0.2) is 16.7 Å². The van der Waals surface area contributed by atoms with E-state index in [1.165, 1.54) is 12.1 Å². The standard InChI is InChI=1S/C15H16BrF2N3/c1-4-19-15(10-7-8(2)20-21-9(10)3)13-12(17)6-5-11(16)14(13)18/h5-7,15,19H,4H2,1-3H3. The Kier molecular flexibility index (Phi) is 5.00. The van der Waals surface area contributed by atoms with Crippen molar-refractivity contribution in [2.24, 2.45) is 0 Å². The number of aromatic nitrogens is 2. The van der Waals surface area contributed by atoms with Crippen molar-refractivity contribution in [3.05, 3.63) is 56.8 Å². The second-order valence-electron chi connectivity index (χ2n) is 4.77. The summed E-state index contributed by atoms with van der Waals surface area (Å²) in [4.78, 5) is 0. The zero-order valence-corrected chi connectivity index (χ0v) is 13.6. The van der Waals surface area contributed by atoms with E-state index >= 15 is 0 Å². The summed E-state index contributed by atoms with van der Waals surface area (Å²) in [5.41, 5.74) is 2.06. The van der Waals surface area contributed by atoms with Crippen LogP contribution in [-0.2, 0) is 0 Å². The quantitative estimate of drug-likeness (QED) is 0.846. The first-order valence-corrected chi connectivity index (χ1v) is 7.42. The summed E-state index contributed by atoms with van der Waals surface area (Å²) in [7, 11) is 0. The molecule has 1 aromatic carbocycles. The number of hydrogen-bond acceptors (Lipinski definition) is 3. The average Bonchev–Trinajstić information content (AvgIpc) is 2.45. The highest BCUT2D eigenvalue weighted by atomic mass is 79.9. The lowest BCUT2D eigenvalue weighted by molar-refractivity contribution is 0.505. The lowest BCUT2D eigenvalue weighted by atomic mass is 9.96. The van der Waals surface area contributed by atoms with Gasteiger partial charge in [0.1, 0.15) is 11.6 Å². The first-order valence-electron chi connectivity index (χ1n) is 6.63. The largest absolute Gasteiger partial charge is 0.306 e. The SMILES string of the molecule is CCNC(c1cc(C)nnc1C)c1c(F)ccc(Br)c1F. The Hall–Kier alpha value is -1.40. The minimum atomic E-state index is -0.610. The van der Waals surface area contributed by atoms with Crippen LogP contribution >= 0.6 is 15.9 Å². The molecule has 1 N–H and O–H groups in total. The molecule has 0 saturated heterocycles. The maximum absolute atomic E-state index is 14.4. The van der Waals surface area contributed by atoms with E-state index in [1.54, 1.807) is 19.9 Å². The van der Waals surface area contributed by atoms with Crippen molar-refractivity contribution < 1.29 is 8.78 Å². The molecule has 0 aliphatic rings. The Morgan fingerprint density at radius 3 is 2.62 bits per heavy atom. The Morgan fingerprint density at radius 1 is 1.24 bits per heavy atom. The molecule has 2 aromatic rings. The first kappa shape index (κ1) is 16.0. The number of aryl methyl sites for hydroxylation is 2. The number of rotatable bonds is 4. The Bertz CT molecular complexity index is 662. The van der Waals surface area contributed by atoms with Crippen molar-refractivity contribution in [2.45, 2.75) is 26.8 Å². The summed E-state index contributed by atoms with van der Waals surface area (Å²) in [6, 6.07) is 3.81. The molecule has 0 aliphatic carbocycles. The molecule has 112 valence electrons. The summed E-state index contributed by atoms with van der Waals surface area (Å²) in [5.74, 6) is -1.19. The molecule has 1 heterocycles. The van der Waals surface area contributed by atoms with Crippen LogP contribution in [0.1, 0.15) is 35.5 Å². The highest BCUT2D eigenvalue weighted by Crippen LogP contribution is 2.31. The van der Waals surface area contributed by atoms with Gasteiger partial charge in [0.15, 0.2) is 0 Å². The van der Waals surface area contributed by atoms with Gasteiger partial charge in [-0.3, -0.25) is 0 Å². The molecule has 0 bridgehead atoms. The third kappa shape index (κ3) is 3.27.